The van der Waals surface area contributed by atoms with Crippen LogP contribution in [-0.2, 0) is 5.54 Å². The minimum Gasteiger partial charge on any atom is -0.497 e. The third kappa shape index (κ3) is 2.85. The van der Waals surface area contributed by atoms with Crippen LogP contribution in [-0.4, -0.2) is 45.5 Å². The van der Waals surface area contributed by atoms with E-state index < -0.39 is 0 Å². The first-order valence-corrected chi connectivity index (χ1v) is 10.8. The summed E-state index contributed by atoms with van der Waals surface area (Å²) in [5, 5.41) is 3.79. The molecular formula is C25H23N5O2. The standard InChI is InChI=1S/C25H23N5O2/c1-32-17-6-9-22-21(16-17)28-25(23-5-3-13-30(22)23)10-14-29(15-11-25)24(31)20-8-7-18-19(27-20)4-2-12-26-18/h2-9,12-13,16,28H,10-11,14-15H2,1H3. The second-order valence-corrected chi connectivity index (χ2v) is 8.38. The number of likely N-dealkylation sites (tertiary alicyclic amines) is 1. The molecule has 0 radical (unpaired) electrons. The van der Waals surface area contributed by atoms with E-state index in [1.165, 1.54) is 5.69 Å². The Morgan fingerprint density at radius 2 is 1.94 bits per heavy atom. The molecule has 0 saturated carbocycles. The lowest BCUT2D eigenvalue weighted by Crippen LogP contribution is -2.51. The molecule has 32 heavy (non-hydrogen) atoms. The first-order chi connectivity index (χ1) is 15.7. The number of hydrogen-bond donors (Lipinski definition) is 1. The Labute approximate surface area is 185 Å². The second kappa shape index (κ2) is 7.09. The van der Waals surface area contributed by atoms with Gasteiger partial charge < -0.3 is 19.5 Å². The summed E-state index contributed by atoms with van der Waals surface area (Å²) in [5.41, 5.74) is 5.18. The third-order valence-electron chi connectivity index (χ3n) is 6.66. The number of piperidine rings is 1. The van der Waals surface area contributed by atoms with Crippen LogP contribution in [0.2, 0.25) is 0 Å². The molecule has 1 saturated heterocycles. The average molecular weight is 425 g/mol. The molecule has 1 fully saturated rings. The Morgan fingerprint density at radius 1 is 1.06 bits per heavy atom. The number of fused-ring (bicyclic) bond motifs is 5. The van der Waals surface area contributed by atoms with Gasteiger partial charge in [-0.1, -0.05) is 0 Å². The number of ether oxygens (including phenoxy) is 1. The first kappa shape index (κ1) is 18.9. The van der Waals surface area contributed by atoms with E-state index >= 15 is 0 Å². The summed E-state index contributed by atoms with van der Waals surface area (Å²) in [5.74, 6) is 0.797. The van der Waals surface area contributed by atoms with Crippen molar-refractivity contribution in [1.82, 2.24) is 19.4 Å². The molecule has 0 unspecified atom stereocenters. The van der Waals surface area contributed by atoms with Gasteiger partial charge in [-0.25, -0.2) is 4.98 Å². The van der Waals surface area contributed by atoms with Crippen LogP contribution in [0.5, 0.6) is 5.75 Å². The zero-order chi connectivity index (χ0) is 21.7. The monoisotopic (exact) mass is 425 g/mol. The van der Waals surface area contributed by atoms with Gasteiger partial charge in [-0.05, 0) is 61.4 Å². The predicted octanol–water partition coefficient (Wildman–Crippen LogP) is 3.99. The molecule has 160 valence electrons. The van der Waals surface area contributed by atoms with Crippen molar-refractivity contribution in [1.29, 1.82) is 0 Å². The number of anilines is 1. The van der Waals surface area contributed by atoms with Crippen LogP contribution in [0.4, 0.5) is 5.69 Å². The SMILES string of the molecule is COc1ccc2c(c1)NC1(CCN(C(=O)c3ccc4ncccc4n3)CC1)c1cccn1-2. The molecule has 1 aromatic carbocycles. The van der Waals surface area contributed by atoms with Crippen molar-refractivity contribution >= 4 is 22.6 Å². The van der Waals surface area contributed by atoms with Gasteiger partial charge >= 0.3 is 0 Å². The van der Waals surface area contributed by atoms with Crippen LogP contribution >= 0.6 is 0 Å². The van der Waals surface area contributed by atoms with Gasteiger partial charge in [0.1, 0.15) is 11.4 Å². The normalized spacial score (nSPS) is 16.3. The molecule has 0 bridgehead atoms. The topological polar surface area (TPSA) is 72.3 Å². The van der Waals surface area contributed by atoms with Gasteiger partial charge in [-0.2, -0.15) is 0 Å². The zero-order valence-electron chi connectivity index (χ0n) is 17.8. The summed E-state index contributed by atoms with van der Waals surface area (Å²) in [6.07, 6.45) is 5.47. The van der Waals surface area contributed by atoms with E-state index in [1.807, 2.05) is 35.2 Å². The summed E-state index contributed by atoms with van der Waals surface area (Å²) in [6.45, 7) is 1.31. The first-order valence-electron chi connectivity index (χ1n) is 10.8. The summed E-state index contributed by atoms with van der Waals surface area (Å²) in [4.78, 5) is 23.9. The number of carbonyl (C=O) groups is 1. The number of methoxy groups -OCH3 is 1. The maximum atomic E-state index is 13.2. The Morgan fingerprint density at radius 3 is 2.78 bits per heavy atom. The zero-order valence-corrected chi connectivity index (χ0v) is 17.8. The number of pyridine rings is 2. The smallest absolute Gasteiger partial charge is 0.272 e. The Bertz CT molecular complexity index is 1340. The minimum atomic E-state index is -0.222. The van der Waals surface area contributed by atoms with Crippen LogP contribution in [0, 0.1) is 0 Å². The number of aromatic nitrogens is 3. The van der Waals surface area contributed by atoms with Gasteiger partial charge in [0.05, 0.1) is 35.1 Å². The highest BCUT2D eigenvalue weighted by molar-refractivity contribution is 5.94. The summed E-state index contributed by atoms with van der Waals surface area (Å²) in [7, 11) is 1.68. The molecule has 3 aromatic heterocycles. The third-order valence-corrected chi connectivity index (χ3v) is 6.66. The number of rotatable bonds is 2. The molecule has 2 aliphatic rings. The van der Waals surface area contributed by atoms with Crippen LogP contribution in [0.1, 0.15) is 29.0 Å². The lowest BCUT2D eigenvalue weighted by Gasteiger charge is -2.46. The maximum absolute atomic E-state index is 13.2. The van der Waals surface area contributed by atoms with Crippen molar-refractivity contribution in [2.24, 2.45) is 0 Å². The summed E-state index contributed by atoms with van der Waals surface area (Å²) in [6, 6.07) is 17.7. The quantitative estimate of drug-likeness (QED) is 0.526. The summed E-state index contributed by atoms with van der Waals surface area (Å²) < 4.78 is 7.69. The molecule has 2 aliphatic heterocycles. The van der Waals surface area contributed by atoms with Gasteiger partial charge in [0.2, 0.25) is 0 Å². The highest BCUT2D eigenvalue weighted by Gasteiger charge is 2.42. The van der Waals surface area contributed by atoms with Crippen LogP contribution in [0.25, 0.3) is 16.7 Å². The fraction of sp³-hybridized carbons (Fsp3) is 0.240. The van der Waals surface area contributed by atoms with E-state index in [2.05, 4.69) is 44.2 Å². The van der Waals surface area contributed by atoms with Crippen LogP contribution in [0.3, 0.4) is 0 Å². The molecule has 5 heterocycles. The highest BCUT2D eigenvalue weighted by atomic mass is 16.5. The van der Waals surface area contributed by atoms with Crippen molar-refractivity contribution in [3.05, 3.63) is 78.4 Å². The van der Waals surface area contributed by atoms with Crippen molar-refractivity contribution in [2.75, 3.05) is 25.5 Å². The molecular weight excluding hydrogens is 402 g/mol. The largest absolute Gasteiger partial charge is 0.497 e. The molecule has 6 rings (SSSR count). The van der Waals surface area contributed by atoms with E-state index in [0.717, 1.165) is 41.0 Å². The van der Waals surface area contributed by atoms with Crippen LogP contribution in [0.15, 0.2) is 67.0 Å². The molecule has 4 aromatic rings. The molecule has 0 aliphatic carbocycles. The average Bonchev–Trinajstić information content (AvgIpc) is 3.35. The van der Waals surface area contributed by atoms with Crippen molar-refractivity contribution in [3.8, 4) is 11.4 Å². The predicted molar refractivity (Wildman–Crippen MR) is 122 cm³/mol. The maximum Gasteiger partial charge on any atom is 0.272 e. The number of benzene rings is 1. The number of nitrogens with zero attached hydrogens (tertiary/aromatic N) is 4. The van der Waals surface area contributed by atoms with Gasteiger partial charge in [-0.15, -0.1) is 0 Å². The van der Waals surface area contributed by atoms with Crippen LogP contribution < -0.4 is 10.1 Å². The van der Waals surface area contributed by atoms with Gasteiger partial charge in [0, 0.05) is 37.2 Å². The Balaban J connectivity index is 1.27. The minimum absolute atomic E-state index is 0.0288. The van der Waals surface area contributed by atoms with Gasteiger partial charge in [-0.3, -0.25) is 9.78 Å². The fourth-order valence-corrected chi connectivity index (χ4v) is 4.97. The number of nitrogens with one attached hydrogen (secondary N) is 1. The molecule has 7 heteroatoms. The van der Waals surface area contributed by atoms with Crippen molar-refractivity contribution in [3.63, 3.8) is 0 Å². The van der Waals surface area contributed by atoms with Crippen molar-refractivity contribution < 1.29 is 9.53 Å². The number of carbonyl (C=O) groups excluding carboxylic acids is 1. The van der Waals surface area contributed by atoms with Crippen molar-refractivity contribution in [2.45, 2.75) is 18.4 Å². The van der Waals surface area contributed by atoms with E-state index in [9.17, 15) is 4.79 Å². The van der Waals surface area contributed by atoms with E-state index in [4.69, 9.17) is 4.74 Å². The lowest BCUT2D eigenvalue weighted by molar-refractivity contribution is 0.0671. The molecule has 1 amide bonds. The Kier molecular flexibility index (Phi) is 4.18. The van der Waals surface area contributed by atoms with E-state index in [-0.39, 0.29) is 11.4 Å². The van der Waals surface area contributed by atoms with E-state index in [1.54, 1.807) is 19.4 Å². The summed E-state index contributed by atoms with van der Waals surface area (Å²) >= 11 is 0. The Hall–Kier alpha value is -3.87. The van der Waals surface area contributed by atoms with Gasteiger partial charge in [0.15, 0.2) is 0 Å². The molecule has 7 nitrogen and oxygen atoms in total. The molecule has 1 spiro atoms. The number of hydrogen-bond acceptors (Lipinski definition) is 5. The van der Waals surface area contributed by atoms with E-state index in [0.29, 0.717) is 18.8 Å². The molecule has 0 atom stereocenters. The van der Waals surface area contributed by atoms with Gasteiger partial charge in [0.25, 0.3) is 5.91 Å². The highest BCUT2D eigenvalue weighted by Crippen LogP contribution is 2.44. The molecule has 1 N–H and O–H groups in total. The fourth-order valence-electron chi connectivity index (χ4n) is 4.97. The lowest BCUT2D eigenvalue weighted by atomic mass is 9.82. The number of amides is 1. The second-order valence-electron chi connectivity index (χ2n) is 8.38.